The minimum absolute atomic E-state index is 0.00213. The highest BCUT2D eigenvalue weighted by Gasteiger charge is 2.27. The second-order valence-electron chi connectivity index (χ2n) is 15.7. The number of carbonyl (C=O) groups is 7. The number of unbranched alkanes of at least 4 members (excludes halogenated alkanes) is 3. The summed E-state index contributed by atoms with van der Waals surface area (Å²) in [4.78, 5) is 89.0. The van der Waals surface area contributed by atoms with E-state index in [2.05, 4.69) is 31.9 Å². The molecular formula is C50H62N6O12. The predicted octanol–water partition coefficient (Wildman–Crippen LogP) is 6.63. The van der Waals surface area contributed by atoms with Crippen molar-refractivity contribution in [1.82, 2.24) is 31.9 Å². The minimum atomic E-state index is -1.32. The fraction of sp³-hybridized carbons (Fsp3) is 0.380. The lowest BCUT2D eigenvalue weighted by molar-refractivity contribution is -0.142. The van der Waals surface area contributed by atoms with E-state index in [-0.39, 0.29) is 71.7 Å². The summed E-state index contributed by atoms with van der Waals surface area (Å²) in [7, 11) is 0. The second-order valence-corrected chi connectivity index (χ2v) is 15.7. The van der Waals surface area contributed by atoms with Crippen molar-refractivity contribution < 1.29 is 57.6 Å². The molecule has 0 saturated heterocycles. The first-order valence-corrected chi connectivity index (χ1v) is 22.7. The van der Waals surface area contributed by atoms with E-state index in [1.165, 1.54) is 0 Å². The number of hydrogen-bond acceptors (Lipinski definition) is 11. The lowest BCUT2D eigenvalue weighted by Crippen LogP contribution is -2.51. The zero-order valence-corrected chi connectivity index (χ0v) is 38.0. The van der Waals surface area contributed by atoms with E-state index in [1.807, 2.05) is 84.9 Å². The van der Waals surface area contributed by atoms with Gasteiger partial charge in [-0.1, -0.05) is 121 Å². The highest BCUT2D eigenvalue weighted by molar-refractivity contribution is 5.89. The molecule has 364 valence electrons. The fourth-order valence-electron chi connectivity index (χ4n) is 6.57. The molecule has 0 aliphatic carbocycles. The molecule has 0 radical (unpaired) electrons. The molecule has 18 heteroatoms. The summed E-state index contributed by atoms with van der Waals surface area (Å²) < 4.78 is 21.1. The molecule has 68 heavy (non-hydrogen) atoms. The molecule has 18 nitrogen and oxygen atoms in total. The van der Waals surface area contributed by atoms with E-state index in [9.17, 15) is 38.7 Å². The Labute approximate surface area is 396 Å². The van der Waals surface area contributed by atoms with Gasteiger partial charge in [0.25, 0.3) is 0 Å². The Morgan fingerprint density at radius 1 is 0.368 bits per heavy atom. The van der Waals surface area contributed by atoms with Crippen LogP contribution in [-0.2, 0) is 59.8 Å². The Kier molecular flexibility index (Phi) is 24.4. The number of carbonyl (C=O) groups excluding carboxylic acids is 6. The lowest BCUT2D eigenvalue weighted by Gasteiger charge is -2.22. The van der Waals surface area contributed by atoms with E-state index in [0.29, 0.717) is 32.1 Å². The van der Waals surface area contributed by atoms with Gasteiger partial charge in [-0.3, -0.25) is 9.59 Å². The number of rotatable bonds is 29. The van der Waals surface area contributed by atoms with Crippen molar-refractivity contribution in [1.29, 1.82) is 0 Å². The zero-order chi connectivity index (χ0) is 48.6. The van der Waals surface area contributed by atoms with Crippen molar-refractivity contribution in [3.8, 4) is 0 Å². The van der Waals surface area contributed by atoms with E-state index < -0.39 is 60.3 Å². The van der Waals surface area contributed by atoms with E-state index >= 15 is 0 Å². The van der Waals surface area contributed by atoms with Gasteiger partial charge in [0.15, 0.2) is 0 Å². The molecule has 0 fully saturated rings. The summed E-state index contributed by atoms with van der Waals surface area (Å²) in [6.45, 7) is 0.822. The standard InChI is InChI=1S/C50H62N6O12/c57-44(41(55-49(63)67-35-39-23-9-3-10-24-39)27-13-17-31-52-47(61)65-33-37-19-5-1-6-20-37)51-30-16-15-29-43(46(59)60)54-45(58)42(56-50(64)68-36-40-25-11-4-12-26-40)28-14-18-32-53-48(62)66-34-38-21-7-2-8-22-38/h1-12,19-26,41-43H,13-18,27-36H2,(H,51,57)(H,52,61)(H,53,62)(H,54,58)(H,55,63)(H,56,64)(H,59,60)/t41?,42?,43-/m0/s1. The smallest absolute Gasteiger partial charge is 0.408 e. The SMILES string of the molecule is O=C(NCCCCC(NC(=O)OCc1ccccc1)C(=O)NCCCC[C@H](NC(=O)C(CCCCNC(=O)OCc1ccccc1)NC(=O)OCc1ccccc1)C(=O)O)OCc1ccccc1. The van der Waals surface area contributed by atoms with Crippen molar-refractivity contribution >= 4 is 42.2 Å². The van der Waals surface area contributed by atoms with Crippen molar-refractivity contribution in [2.75, 3.05) is 19.6 Å². The molecule has 0 aliphatic rings. The number of carboxylic acids is 1. The van der Waals surface area contributed by atoms with Crippen LogP contribution in [0.4, 0.5) is 19.2 Å². The van der Waals surface area contributed by atoms with E-state index in [1.54, 1.807) is 36.4 Å². The van der Waals surface area contributed by atoms with Gasteiger partial charge in [0.05, 0.1) is 0 Å². The first-order chi connectivity index (χ1) is 33.0. The van der Waals surface area contributed by atoms with Crippen molar-refractivity contribution in [3.05, 3.63) is 144 Å². The second kappa shape index (κ2) is 31.3. The maximum atomic E-state index is 13.5. The maximum absolute atomic E-state index is 13.5. The number of benzene rings is 4. The Morgan fingerprint density at radius 3 is 1.03 bits per heavy atom. The van der Waals surface area contributed by atoms with Gasteiger partial charge in [0.2, 0.25) is 11.8 Å². The molecule has 6 amide bonds. The van der Waals surface area contributed by atoms with Gasteiger partial charge < -0.3 is 56.0 Å². The fourth-order valence-corrected chi connectivity index (χ4v) is 6.57. The molecule has 0 aromatic heterocycles. The first kappa shape index (κ1) is 53.0. The number of aliphatic carboxylic acids is 1. The number of amides is 6. The maximum Gasteiger partial charge on any atom is 0.408 e. The number of nitrogens with one attached hydrogen (secondary N) is 6. The van der Waals surface area contributed by atoms with Crippen LogP contribution in [0.25, 0.3) is 0 Å². The van der Waals surface area contributed by atoms with Crippen LogP contribution in [0.1, 0.15) is 80.0 Å². The molecule has 0 heterocycles. The third-order valence-electron chi connectivity index (χ3n) is 10.3. The van der Waals surface area contributed by atoms with Crippen molar-refractivity contribution in [2.45, 2.75) is 102 Å². The highest BCUT2D eigenvalue weighted by atomic mass is 16.6. The molecule has 0 spiro atoms. The monoisotopic (exact) mass is 938 g/mol. The molecule has 2 unspecified atom stereocenters. The lowest BCUT2D eigenvalue weighted by atomic mass is 10.1. The van der Waals surface area contributed by atoms with Crippen LogP contribution >= 0.6 is 0 Å². The Morgan fingerprint density at radius 2 is 0.676 bits per heavy atom. The molecule has 0 aliphatic heterocycles. The van der Waals surface area contributed by atoms with Gasteiger partial charge in [-0.15, -0.1) is 0 Å². The Bertz CT molecular complexity index is 2130. The quantitative estimate of drug-likeness (QED) is 0.0224. The molecule has 4 aromatic rings. The molecular weight excluding hydrogens is 877 g/mol. The largest absolute Gasteiger partial charge is 0.480 e. The summed E-state index contributed by atoms with van der Waals surface area (Å²) in [6, 6.07) is 33.0. The summed E-state index contributed by atoms with van der Waals surface area (Å²) in [6.07, 6.45) is -0.142. The van der Waals surface area contributed by atoms with Crippen LogP contribution in [0.15, 0.2) is 121 Å². The average molecular weight is 939 g/mol. The normalized spacial score (nSPS) is 11.9. The van der Waals surface area contributed by atoms with Crippen LogP contribution in [0.5, 0.6) is 0 Å². The third kappa shape index (κ3) is 22.5. The van der Waals surface area contributed by atoms with Gasteiger partial charge in [-0.25, -0.2) is 24.0 Å². The molecule has 7 N–H and O–H groups in total. The number of carboxylic acid groups (broad SMARTS) is 1. The summed E-state index contributed by atoms with van der Waals surface area (Å²) in [5.74, 6) is -2.50. The van der Waals surface area contributed by atoms with Crippen LogP contribution in [-0.4, -0.2) is 85.0 Å². The molecule has 0 bridgehead atoms. The van der Waals surface area contributed by atoms with Crippen molar-refractivity contribution in [2.24, 2.45) is 0 Å². The molecule has 3 atom stereocenters. The number of alkyl carbamates (subject to hydrolysis) is 4. The van der Waals surface area contributed by atoms with Crippen LogP contribution in [0, 0.1) is 0 Å². The number of hydrogen-bond donors (Lipinski definition) is 7. The van der Waals surface area contributed by atoms with Crippen LogP contribution in [0.3, 0.4) is 0 Å². The summed E-state index contributed by atoms with van der Waals surface area (Å²) in [5, 5.41) is 25.8. The average Bonchev–Trinajstić information content (AvgIpc) is 3.35. The van der Waals surface area contributed by atoms with Gasteiger partial charge >= 0.3 is 30.3 Å². The van der Waals surface area contributed by atoms with E-state index in [4.69, 9.17) is 18.9 Å². The third-order valence-corrected chi connectivity index (χ3v) is 10.3. The molecule has 4 rings (SSSR count). The van der Waals surface area contributed by atoms with Gasteiger partial charge in [0, 0.05) is 19.6 Å². The highest BCUT2D eigenvalue weighted by Crippen LogP contribution is 2.10. The van der Waals surface area contributed by atoms with Crippen LogP contribution < -0.4 is 31.9 Å². The predicted molar refractivity (Wildman–Crippen MR) is 250 cm³/mol. The van der Waals surface area contributed by atoms with Crippen molar-refractivity contribution in [3.63, 3.8) is 0 Å². The van der Waals surface area contributed by atoms with Gasteiger partial charge in [-0.05, 0) is 80.0 Å². The molecule has 4 aromatic carbocycles. The van der Waals surface area contributed by atoms with Crippen LogP contribution in [0.2, 0.25) is 0 Å². The Hall–Kier alpha value is -7.63. The molecule has 0 saturated carbocycles. The number of ether oxygens (including phenoxy) is 4. The first-order valence-electron chi connectivity index (χ1n) is 22.7. The van der Waals surface area contributed by atoms with Gasteiger partial charge in [0.1, 0.15) is 44.6 Å². The topological polar surface area (TPSA) is 249 Å². The van der Waals surface area contributed by atoms with Gasteiger partial charge in [-0.2, -0.15) is 0 Å². The minimum Gasteiger partial charge on any atom is -0.480 e. The summed E-state index contributed by atoms with van der Waals surface area (Å²) in [5.41, 5.74) is 3.18. The summed E-state index contributed by atoms with van der Waals surface area (Å²) >= 11 is 0. The Balaban J connectivity index is 1.23. The van der Waals surface area contributed by atoms with E-state index in [0.717, 1.165) is 22.3 Å². The zero-order valence-electron chi connectivity index (χ0n) is 38.0.